The van der Waals surface area contributed by atoms with E-state index in [1.165, 1.54) is 11.8 Å². The largest absolute Gasteiger partial charge is 0.387 e. The van der Waals surface area contributed by atoms with Crippen molar-refractivity contribution in [1.29, 1.82) is 0 Å². The molecule has 10 heteroatoms. The molecule has 4 unspecified atom stereocenters. The number of nitrogens with zero attached hydrogens (tertiary/aromatic N) is 4. The minimum absolute atomic E-state index is 0.0156. The van der Waals surface area contributed by atoms with Crippen LogP contribution in [0.4, 0.5) is 5.82 Å². The maximum absolute atomic E-state index is 11.2. The first kappa shape index (κ1) is 21.7. The number of ether oxygens (including phenoxy) is 2. The van der Waals surface area contributed by atoms with Gasteiger partial charge in [0.25, 0.3) is 0 Å². The number of thiazole rings is 1. The Morgan fingerprint density at radius 2 is 1.94 bits per heavy atom. The third-order valence-electron chi connectivity index (χ3n) is 7.33. The Morgan fingerprint density at radius 3 is 2.64 bits per heavy atom. The van der Waals surface area contributed by atoms with Gasteiger partial charge in [-0.1, -0.05) is 11.8 Å². The van der Waals surface area contributed by atoms with Crippen LogP contribution in [0.2, 0.25) is 0 Å². The van der Waals surface area contributed by atoms with Crippen LogP contribution in [0.25, 0.3) is 20.8 Å². The van der Waals surface area contributed by atoms with E-state index in [2.05, 4.69) is 10.3 Å². The molecule has 0 aromatic carbocycles. The van der Waals surface area contributed by atoms with Gasteiger partial charge in [0.1, 0.15) is 21.9 Å². The molecule has 3 aliphatic rings. The third kappa shape index (κ3) is 2.75. The third-order valence-corrected chi connectivity index (χ3v) is 8.91. The lowest BCUT2D eigenvalue weighted by atomic mass is 9.98. The molecule has 0 bridgehead atoms. The molecule has 3 fully saturated rings. The van der Waals surface area contributed by atoms with Crippen molar-refractivity contribution in [2.24, 2.45) is 5.92 Å². The van der Waals surface area contributed by atoms with Gasteiger partial charge in [0.2, 0.25) is 0 Å². The molecule has 1 spiro atoms. The van der Waals surface area contributed by atoms with Gasteiger partial charge in [-0.2, -0.15) is 0 Å². The second-order valence-electron chi connectivity index (χ2n) is 9.81. The number of aryl methyl sites for hydroxylation is 2. The van der Waals surface area contributed by atoms with Crippen molar-refractivity contribution in [3.63, 3.8) is 0 Å². The van der Waals surface area contributed by atoms with Crippen molar-refractivity contribution in [2.45, 2.75) is 75.3 Å². The molecule has 2 saturated carbocycles. The predicted octanol–water partition coefficient (Wildman–Crippen LogP) is 4.29. The molecule has 8 nitrogen and oxygen atoms in total. The van der Waals surface area contributed by atoms with Crippen LogP contribution in [0.15, 0.2) is 17.4 Å². The Morgan fingerprint density at radius 1 is 1.15 bits per heavy atom. The summed E-state index contributed by atoms with van der Waals surface area (Å²) in [6, 6.07) is 1.98. The molecule has 4 atom stereocenters. The summed E-state index contributed by atoms with van der Waals surface area (Å²) in [4.78, 5) is 18.9. The first-order valence-electron chi connectivity index (χ1n) is 11.1. The molecule has 2 aliphatic carbocycles. The van der Waals surface area contributed by atoms with Gasteiger partial charge in [0.05, 0.1) is 21.7 Å². The molecule has 0 amide bonds. The molecule has 6 rings (SSSR count). The quantitative estimate of drug-likeness (QED) is 0.414. The van der Waals surface area contributed by atoms with Crippen molar-refractivity contribution in [1.82, 2.24) is 19.9 Å². The highest BCUT2D eigenvalue weighted by Crippen LogP contribution is 2.75. The summed E-state index contributed by atoms with van der Waals surface area (Å²) in [6.07, 6.45) is 5.30. The Kier molecular flexibility index (Phi) is 4.35. The molecule has 1 saturated heterocycles. The zero-order chi connectivity index (χ0) is 23.4. The summed E-state index contributed by atoms with van der Waals surface area (Å²) in [7, 11) is 0. The first-order chi connectivity index (χ1) is 15.5. The Balaban J connectivity index is 1.52. The van der Waals surface area contributed by atoms with E-state index >= 15 is 0 Å². The zero-order valence-electron chi connectivity index (χ0n) is 19.5. The summed E-state index contributed by atoms with van der Waals surface area (Å²) < 4.78 is 14.0. The highest BCUT2D eigenvalue weighted by molar-refractivity contribution is 7.98. The van der Waals surface area contributed by atoms with Crippen molar-refractivity contribution in [3.8, 4) is 10.6 Å². The molecule has 174 valence electrons. The minimum Gasteiger partial charge on any atom is -0.387 e. The Hall–Kier alpha value is -1.85. The van der Waals surface area contributed by atoms with Crippen LogP contribution in [0.3, 0.4) is 0 Å². The maximum Gasteiger partial charge on any atom is 0.189 e. The van der Waals surface area contributed by atoms with Crippen LogP contribution in [-0.4, -0.2) is 54.0 Å². The molecule has 1 aliphatic heterocycles. The molecule has 3 aromatic heterocycles. The van der Waals surface area contributed by atoms with E-state index in [1.54, 1.807) is 17.5 Å². The molecular weight excluding hydrogens is 458 g/mol. The van der Waals surface area contributed by atoms with Crippen LogP contribution in [0, 0.1) is 19.8 Å². The predicted molar refractivity (Wildman–Crippen MR) is 128 cm³/mol. The van der Waals surface area contributed by atoms with E-state index < -0.39 is 22.7 Å². The van der Waals surface area contributed by atoms with Crippen LogP contribution < -0.4 is 5.32 Å². The number of fused-ring (bicyclic) bond motifs is 1. The van der Waals surface area contributed by atoms with E-state index in [-0.39, 0.29) is 5.92 Å². The lowest BCUT2D eigenvalue weighted by Crippen LogP contribution is -2.52. The second-order valence-corrected chi connectivity index (χ2v) is 11.6. The van der Waals surface area contributed by atoms with E-state index in [9.17, 15) is 5.11 Å². The molecule has 2 N–H and O–H groups in total. The number of anilines is 1. The summed E-state index contributed by atoms with van der Waals surface area (Å²) in [5, 5.41) is 16.3. The number of aliphatic hydroxyl groups is 1. The van der Waals surface area contributed by atoms with Gasteiger partial charge >= 0.3 is 0 Å². The summed E-state index contributed by atoms with van der Waals surface area (Å²) >= 11 is 3.08. The van der Waals surface area contributed by atoms with Crippen LogP contribution in [0.1, 0.15) is 45.0 Å². The molecular formula is C23H27N5O3S2. The number of thioether (sulfide) groups is 1. The second kappa shape index (κ2) is 6.63. The highest BCUT2D eigenvalue weighted by Gasteiger charge is 2.91. The summed E-state index contributed by atoms with van der Waals surface area (Å²) in [6.45, 7) is 9.59. The highest BCUT2D eigenvalue weighted by atomic mass is 32.2. The maximum atomic E-state index is 11.2. The van der Waals surface area contributed by atoms with Crippen LogP contribution >= 0.6 is 23.1 Å². The number of rotatable bonds is 4. The van der Waals surface area contributed by atoms with Gasteiger partial charge < -0.3 is 19.9 Å². The first-order valence-corrected chi connectivity index (χ1v) is 13.1. The molecule has 0 radical (unpaired) electrons. The van der Waals surface area contributed by atoms with Gasteiger partial charge in [-0.25, -0.2) is 15.0 Å². The van der Waals surface area contributed by atoms with E-state index in [1.807, 2.05) is 46.9 Å². The lowest BCUT2D eigenvalue weighted by molar-refractivity contribution is -0.167. The van der Waals surface area contributed by atoms with Crippen LogP contribution in [0.5, 0.6) is 0 Å². The average Bonchev–Trinajstić information content (AvgIpc) is 3.11. The van der Waals surface area contributed by atoms with E-state index in [0.717, 1.165) is 45.0 Å². The fourth-order valence-corrected chi connectivity index (χ4v) is 7.55. The molecule has 33 heavy (non-hydrogen) atoms. The smallest absolute Gasteiger partial charge is 0.189 e. The number of aromatic nitrogens is 4. The number of hydrogen-bond acceptors (Lipinski definition) is 10. The van der Waals surface area contributed by atoms with Gasteiger partial charge in [-0.15, -0.1) is 11.3 Å². The van der Waals surface area contributed by atoms with Gasteiger partial charge in [0.15, 0.2) is 22.3 Å². The minimum atomic E-state index is -0.963. The standard InChI is InChI=1S/C23H27N5O3S2/c1-11-15(18-26-16-12(2)24-10-8-13(16)33-18)17(27-19(25-11)32-6)28-22-9-7-14-21(5,29)23(14,22)31-20(3,4)30-22/h8,10,14,29H,7,9H2,1-6H3,(H,25,27,28). The van der Waals surface area contributed by atoms with Crippen molar-refractivity contribution >= 4 is 39.1 Å². The molecule has 4 heterocycles. The Bertz CT molecular complexity index is 1310. The fraction of sp³-hybridized carbons (Fsp3) is 0.565. The monoisotopic (exact) mass is 485 g/mol. The number of pyridine rings is 1. The zero-order valence-corrected chi connectivity index (χ0v) is 21.1. The van der Waals surface area contributed by atoms with Gasteiger partial charge in [-0.05, 0) is 59.8 Å². The van der Waals surface area contributed by atoms with E-state index in [4.69, 9.17) is 24.4 Å². The van der Waals surface area contributed by atoms with Crippen molar-refractivity contribution in [2.75, 3.05) is 11.6 Å². The summed E-state index contributed by atoms with van der Waals surface area (Å²) in [5.41, 5.74) is 0.798. The summed E-state index contributed by atoms with van der Waals surface area (Å²) in [5.74, 6) is -0.155. The van der Waals surface area contributed by atoms with Crippen molar-refractivity contribution < 1.29 is 14.6 Å². The van der Waals surface area contributed by atoms with Gasteiger partial charge in [-0.3, -0.25) is 4.98 Å². The normalized spacial score (nSPS) is 33.8. The SMILES string of the molecule is CSc1nc(C)c(-c2nc3c(C)nccc3s2)c(NC23CCC4C(C)(O)C42OC(C)(C)O3)n1. The average molecular weight is 486 g/mol. The number of nitrogens with one attached hydrogen (secondary N) is 1. The van der Waals surface area contributed by atoms with E-state index in [0.29, 0.717) is 11.0 Å². The Labute approximate surface area is 200 Å². The topological polar surface area (TPSA) is 102 Å². The van der Waals surface area contributed by atoms with Crippen molar-refractivity contribution in [3.05, 3.63) is 23.7 Å². The van der Waals surface area contributed by atoms with Crippen LogP contribution in [-0.2, 0) is 9.47 Å². The van der Waals surface area contributed by atoms with Gasteiger partial charge in [0, 0.05) is 12.1 Å². The molecule has 3 aromatic rings. The fourth-order valence-electron chi connectivity index (χ4n) is 6.02. The lowest BCUT2D eigenvalue weighted by Gasteiger charge is -2.34. The number of hydrogen-bond donors (Lipinski definition) is 2.